The van der Waals surface area contributed by atoms with Gasteiger partial charge in [-0.2, -0.15) is 0 Å². The molecule has 1 rings (SSSR count). The van der Waals surface area contributed by atoms with Gasteiger partial charge in [-0.3, -0.25) is 0 Å². The van der Waals surface area contributed by atoms with Crippen LogP contribution in [0.3, 0.4) is 0 Å². The molecule has 2 nitrogen and oxygen atoms in total. The zero-order valence-electron chi connectivity index (χ0n) is 8.99. The summed E-state index contributed by atoms with van der Waals surface area (Å²) in [5.41, 5.74) is 0.487. The Morgan fingerprint density at radius 3 is 2.50 bits per heavy atom. The average molecular weight is 265 g/mol. The molecule has 0 aliphatic rings. The van der Waals surface area contributed by atoms with Crippen molar-refractivity contribution >= 4 is 21.4 Å². The van der Waals surface area contributed by atoms with Crippen LogP contribution >= 0.6 is 11.6 Å². The van der Waals surface area contributed by atoms with Crippen molar-refractivity contribution in [2.45, 2.75) is 12.3 Å². The molecular weight excluding hydrogens is 251 g/mol. The maximum absolute atomic E-state index is 13.4. The van der Waals surface area contributed by atoms with E-state index in [9.17, 15) is 12.8 Å². The normalized spacial score (nSPS) is 13.7. The Labute approximate surface area is 100 Å². The highest BCUT2D eigenvalue weighted by molar-refractivity contribution is 7.90. The molecule has 1 atom stereocenters. The summed E-state index contributed by atoms with van der Waals surface area (Å²) < 4.78 is 35.5. The third kappa shape index (κ3) is 4.10. The van der Waals surface area contributed by atoms with Crippen molar-refractivity contribution < 1.29 is 12.8 Å². The van der Waals surface area contributed by atoms with Crippen LogP contribution in [0, 0.1) is 5.82 Å². The van der Waals surface area contributed by atoms with E-state index in [1.807, 2.05) is 0 Å². The van der Waals surface area contributed by atoms with E-state index in [4.69, 9.17) is 11.6 Å². The van der Waals surface area contributed by atoms with Crippen molar-refractivity contribution in [3.8, 4) is 0 Å². The van der Waals surface area contributed by atoms with E-state index < -0.39 is 9.84 Å². The Balaban J connectivity index is 2.79. The molecule has 0 heterocycles. The van der Waals surface area contributed by atoms with Gasteiger partial charge < -0.3 is 0 Å². The van der Waals surface area contributed by atoms with E-state index in [1.54, 1.807) is 18.2 Å². The highest BCUT2D eigenvalue weighted by atomic mass is 35.5. The Kier molecular flexibility index (Phi) is 4.74. The van der Waals surface area contributed by atoms with Gasteiger partial charge in [-0.15, -0.1) is 11.6 Å². The van der Waals surface area contributed by atoms with Crippen LogP contribution in [-0.2, 0) is 9.84 Å². The fourth-order valence-electron chi connectivity index (χ4n) is 1.48. The van der Waals surface area contributed by atoms with Gasteiger partial charge in [-0.1, -0.05) is 18.2 Å². The molecule has 0 fully saturated rings. The second kappa shape index (κ2) is 5.64. The van der Waals surface area contributed by atoms with Gasteiger partial charge >= 0.3 is 0 Å². The molecule has 0 bridgehead atoms. The molecule has 0 saturated carbocycles. The van der Waals surface area contributed by atoms with E-state index in [-0.39, 0.29) is 23.4 Å². The van der Waals surface area contributed by atoms with Crippen molar-refractivity contribution in [3.05, 3.63) is 35.6 Å². The summed E-state index contributed by atoms with van der Waals surface area (Å²) in [6.07, 6.45) is 1.52. The summed E-state index contributed by atoms with van der Waals surface area (Å²) in [5, 5.41) is 0. The van der Waals surface area contributed by atoms with Gasteiger partial charge in [0, 0.05) is 18.1 Å². The lowest BCUT2D eigenvalue weighted by atomic mass is 9.98. The number of alkyl halides is 1. The summed E-state index contributed by atoms with van der Waals surface area (Å²) >= 11 is 5.74. The minimum absolute atomic E-state index is 0.0265. The molecule has 0 radical (unpaired) electrons. The fraction of sp³-hybridized carbons (Fsp3) is 0.455. The minimum Gasteiger partial charge on any atom is -0.229 e. The highest BCUT2D eigenvalue weighted by Gasteiger charge is 2.16. The predicted octanol–water partition coefficient (Wildman–Crippen LogP) is 2.58. The van der Waals surface area contributed by atoms with E-state index >= 15 is 0 Å². The molecule has 1 aromatic carbocycles. The first-order valence-electron chi connectivity index (χ1n) is 4.92. The van der Waals surface area contributed by atoms with E-state index in [1.165, 1.54) is 12.3 Å². The summed E-state index contributed by atoms with van der Waals surface area (Å²) in [6.45, 7) is 0. The summed E-state index contributed by atoms with van der Waals surface area (Å²) in [6, 6.07) is 6.32. The largest absolute Gasteiger partial charge is 0.229 e. The highest BCUT2D eigenvalue weighted by Crippen LogP contribution is 2.24. The fourth-order valence-corrected chi connectivity index (χ4v) is 2.51. The van der Waals surface area contributed by atoms with Crippen molar-refractivity contribution in [1.29, 1.82) is 0 Å². The van der Waals surface area contributed by atoms with Crippen LogP contribution in [-0.4, -0.2) is 26.3 Å². The molecule has 90 valence electrons. The van der Waals surface area contributed by atoms with Crippen molar-refractivity contribution in [3.63, 3.8) is 0 Å². The van der Waals surface area contributed by atoms with Gasteiger partial charge in [0.25, 0.3) is 0 Å². The van der Waals surface area contributed by atoms with E-state index in [2.05, 4.69) is 0 Å². The molecule has 0 aliphatic carbocycles. The zero-order valence-corrected chi connectivity index (χ0v) is 10.6. The molecule has 0 spiro atoms. The zero-order chi connectivity index (χ0) is 12.2. The van der Waals surface area contributed by atoms with Gasteiger partial charge in [0.05, 0.1) is 5.75 Å². The van der Waals surface area contributed by atoms with Crippen LogP contribution in [0.25, 0.3) is 0 Å². The molecule has 1 unspecified atom stereocenters. The third-order valence-electron chi connectivity index (χ3n) is 2.37. The molecule has 1 aromatic rings. The van der Waals surface area contributed by atoms with Gasteiger partial charge in [0.2, 0.25) is 0 Å². The van der Waals surface area contributed by atoms with Crippen molar-refractivity contribution in [2.24, 2.45) is 0 Å². The summed E-state index contributed by atoms with van der Waals surface area (Å²) in [7, 11) is -3.03. The number of hydrogen-bond donors (Lipinski definition) is 0. The standard InChI is InChI=1S/C11H14ClFO2S/c1-16(14,15)7-6-9(8-12)10-4-2-3-5-11(10)13/h2-5,9H,6-8H2,1H3. The third-order valence-corrected chi connectivity index (χ3v) is 3.72. The monoisotopic (exact) mass is 264 g/mol. The molecule has 0 aromatic heterocycles. The van der Waals surface area contributed by atoms with Crippen LogP contribution < -0.4 is 0 Å². The number of benzene rings is 1. The molecule has 16 heavy (non-hydrogen) atoms. The molecule has 5 heteroatoms. The number of halogens is 2. The minimum atomic E-state index is -3.03. The first-order valence-corrected chi connectivity index (χ1v) is 7.51. The lowest BCUT2D eigenvalue weighted by molar-refractivity contribution is 0.574. The Hall–Kier alpha value is -0.610. The molecule has 0 N–H and O–H groups in total. The Morgan fingerprint density at radius 1 is 1.38 bits per heavy atom. The van der Waals surface area contributed by atoms with Crippen LogP contribution in [0.2, 0.25) is 0 Å². The van der Waals surface area contributed by atoms with Crippen molar-refractivity contribution in [2.75, 3.05) is 17.9 Å². The van der Waals surface area contributed by atoms with Gasteiger partial charge in [0.1, 0.15) is 15.7 Å². The molecule has 0 aliphatic heterocycles. The van der Waals surface area contributed by atoms with Crippen LogP contribution in [0.5, 0.6) is 0 Å². The molecule has 0 amide bonds. The predicted molar refractivity (Wildman–Crippen MR) is 64.2 cm³/mol. The maximum Gasteiger partial charge on any atom is 0.147 e. The number of hydrogen-bond acceptors (Lipinski definition) is 2. The second-order valence-electron chi connectivity index (χ2n) is 3.79. The van der Waals surface area contributed by atoms with Gasteiger partial charge in [-0.05, 0) is 18.1 Å². The average Bonchev–Trinajstić information content (AvgIpc) is 2.20. The van der Waals surface area contributed by atoms with Crippen LogP contribution in [0.1, 0.15) is 17.9 Å². The quantitative estimate of drug-likeness (QED) is 0.766. The van der Waals surface area contributed by atoms with E-state index in [0.29, 0.717) is 12.0 Å². The maximum atomic E-state index is 13.4. The van der Waals surface area contributed by atoms with Crippen LogP contribution in [0.4, 0.5) is 4.39 Å². The Bertz CT molecular complexity index is 445. The lowest BCUT2D eigenvalue weighted by Crippen LogP contribution is -2.11. The topological polar surface area (TPSA) is 34.1 Å². The number of rotatable bonds is 5. The second-order valence-corrected chi connectivity index (χ2v) is 6.36. The number of sulfone groups is 1. The van der Waals surface area contributed by atoms with E-state index in [0.717, 1.165) is 0 Å². The Morgan fingerprint density at radius 2 is 2.00 bits per heavy atom. The van der Waals surface area contributed by atoms with Gasteiger partial charge in [0.15, 0.2) is 0 Å². The van der Waals surface area contributed by atoms with Crippen molar-refractivity contribution in [1.82, 2.24) is 0 Å². The first-order chi connectivity index (χ1) is 7.44. The summed E-state index contributed by atoms with van der Waals surface area (Å²) in [4.78, 5) is 0. The summed E-state index contributed by atoms with van der Waals surface area (Å²) in [5.74, 6) is -0.339. The first kappa shape index (κ1) is 13.5. The smallest absolute Gasteiger partial charge is 0.147 e. The SMILES string of the molecule is CS(=O)(=O)CCC(CCl)c1ccccc1F. The molecule has 0 saturated heterocycles. The molecular formula is C11H14ClFO2S. The van der Waals surface area contributed by atoms with Gasteiger partial charge in [-0.25, -0.2) is 12.8 Å². The lowest BCUT2D eigenvalue weighted by Gasteiger charge is -2.14. The van der Waals surface area contributed by atoms with Crippen LogP contribution in [0.15, 0.2) is 24.3 Å².